The lowest BCUT2D eigenvalue weighted by Gasteiger charge is -2.22. The molecule has 2 N–H and O–H groups in total. The van der Waals surface area contributed by atoms with E-state index in [1.807, 2.05) is 0 Å². The molecule has 0 bridgehead atoms. The summed E-state index contributed by atoms with van der Waals surface area (Å²) >= 11 is 12.4. The van der Waals surface area contributed by atoms with Crippen LogP contribution in [0.1, 0.15) is 30.4 Å². The van der Waals surface area contributed by atoms with E-state index in [0.29, 0.717) is 34.8 Å². The number of ether oxygens (including phenoxy) is 1. The molecule has 2 heterocycles. The minimum atomic E-state index is -0.474. The van der Waals surface area contributed by atoms with Crippen LogP contribution in [0.3, 0.4) is 0 Å². The Labute approximate surface area is 143 Å². The molecule has 8 heteroatoms. The zero-order chi connectivity index (χ0) is 16.4. The highest BCUT2D eigenvalue weighted by Gasteiger charge is 2.25. The number of primary amides is 1. The Kier molecular flexibility index (Phi) is 4.84. The maximum absolute atomic E-state index is 11.2. The number of carbonyl (C=O) groups excluding carboxylic acids is 1. The minimum absolute atomic E-state index is 0.0125. The first-order chi connectivity index (χ1) is 11.0. The molecule has 0 atom stereocenters. The molecule has 6 nitrogen and oxygen atoms in total. The Morgan fingerprint density at radius 1 is 1.35 bits per heavy atom. The summed E-state index contributed by atoms with van der Waals surface area (Å²) in [6.45, 7) is 1.35. The number of benzene rings is 1. The Morgan fingerprint density at radius 3 is 2.78 bits per heavy atom. The van der Waals surface area contributed by atoms with Gasteiger partial charge in [-0.05, 0) is 31.0 Å². The maximum atomic E-state index is 11.2. The molecule has 2 aromatic rings. The quantitative estimate of drug-likeness (QED) is 0.914. The van der Waals surface area contributed by atoms with Crippen LogP contribution in [0.4, 0.5) is 0 Å². The van der Waals surface area contributed by atoms with Gasteiger partial charge in [0.05, 0.1) is 17.1 Å². The Morgan fingerprint density at radius 2 is 2.09 bits per heavy atom. The van der Waals surface area contributed by atoms with Crippen LogP contribution >= 0.6 is 23.2 Å². The van der Waals surface area contributed by atoms with E-state index in [2.05, 4.69) is 10.1 Å². The van der Waals surface area contributed by atoms with Gasteiger partial charge < -0.3 is 10.5 Å². The lowest BCUT2D eigenvalue weighted by molar-refractivity contribution is -0.117. The van der Waals surface area contributed by atoms with Crippen LogP contribution < -0.4 is 5.73 Å². The van der Waals surface area contributed by atoms with Gasteiger partial charge in [-0.1, -0.05) is 23.2 Å². The molecule has 1 saturated heterocycles. The third-order valence-electron chi connectivity index (χ3n) is 3.73. The molecular weight excluding hydrogens is 339 g/mol. The Hall–Kier alpha value is -1.63. The van der Waals surface area contributed by atoms with Gasteiger partial charge in [-0.25, -0.2) is 9.67 Å². The van der Waals surface area contributed by atoms with Crippen molar-refractivity contribution >= 4 is 29.1 Å². The van der Waals surface area contributed by atoms with Crippen molar-refractivity contribution in [1.29, 1.82) is 0 Å². The van der Waals surface area contributed by atoms with Gasteiger partial charge in [0.15, 0.2) is 5.82 Å². The number of amides is 1. The second kappa shape index (κ2) is 6.86. The third-order valence-corrected chi connectivity index (χ3v) is 4.29. The number of aromatic nitrogens is 3. The highest BCUT2D eigenvalue weighted by molar-refractivity contribution is 6.34. The first-order valence-corrected chi connectivity index (χ1v) is 8.07. The SMILES string of the molecule is NC(=O)Cc1nc(C2CCOCC2)n(-c2cc(Cl)ccc2Cl)n1. The van der Waals surface area contributed by atoms with Gasteiger partial charge in [0.25, 0.3) is 0 Å². The molecule has 23 heavy (non-hydrogen) atoms. The molecule has 3 rings (SSSR count). The van der Waals surface area contributed by atoms with Gasteiger partial charge in [-0.15, -0.1) is 0 Å². The zero-order valence-corrected chi connectivity index (χ0v) is 13.8. The fourth-order valence-corrected chi connectivity index (χ4v) is 3.01. The van der Waals surface area contributed by atoms with Crippen LogP contribution in [0.25, 0.3) is 5.69 Å². The van der Waals surface area contributed by atoms with Crippen LogP contribution in [0, 0.1) is 0 Å². The monoisotopic (exact) mass is 354 g/mol. The number of nitrogens with zero attached hydrogens (tertiary/aromatic N) is 3. The van der Waals surface area contributed by atoms with E-state index in [-0.39, 0.29) is 12.3 Å². The molecule has 0 unspecified atom stereocenters. The first-order valence-electron chi connectivity index (χ1n) is 7.32. The highest BCUT2D eigenvalue weighted by Crippen LogP contribution is 2.31. The van der Waals surface area contributed by atoms with E-state index in [0.717, 1.165) is 18.7 Å². The molecule has 1 amide bonds. The van der Waals surface area contributed by atoms with Crippen molar-refractivity contribution in [3.8, 4) is 5.69 Å². The number of rotatable bonds is 4. The molecule has 0 spiro atoms. The third kappa shape index (κ3) is 3.65. The fourth-order valence-electron chi connectivity index (χ4n) is 2.64. The van der Waals surface area contributed by atoms with Crippen molar-refractivity contribution in [3.63, 3.8) is 0 Å². The summed E-state index contributed by atoms with van der Waals surface area (Å²) in [6.07, 6.45) is 1.67. The highest BCUT2D eigenvalue weighted by atomic mass is 35.5. The molecule has 0 aliphatic carbocycles. The van der Waals surface area contributed by atoms with Crippen molar-refractivity contribution in [2.45, 2.75) is 25.2 Å². The summed E-state index contributed by atoms with van der Waals surface area (Å²) in [4.78, 5) is 15.7. The van der Waals surface area contributed by atoms with Crippen LogP contribution in [-0.2, 0) is 16.0 Å². The van der Waals surface area contributed by atoms with Gasteiger partial charge in [-0.3, -0.25) is 4.79 Å². The van der Waals surface area contributed by atoms with E-state index in [1.54, 1.807) is 22.9 Å². The lowest BCUT2D eigenvalue weighted by Crippen LogP contribution is -2.18. The molecule has 122 valence electrons. The Bertz CT molecular complexity index is 726. The predicted molar refractivity (Wildman–Crippen MR) is 87.1 cm³/mol. The van der Waals surface area contributed by atoms with Crippen molar-refractivity contribution in [2.75, 3.05) is 13.2 Å². The average molecular weight is 355 g/mol. The van der Waals surface area contributed by atoms with Gasteiger partial charge in [0.1, 0.15) is 5.82 Å². The topological polar surface area (TPSA) is 83.0 Å². The minimum Gasteiger partial charge on any atom is -0.381 e. The summed E-state index contributed by atoms with van der Waals surface area (Å²) in [5, 5.41) is 5.48. The van der Waals surface area contributed by atoms with Crippen LogP contribution in [0.5, 0.6) is 0 Å². The molecule has 0 radical (unpaired) electrons. The standard InChI is InChI=1S/C15H16Cl2N4O2/c16-10-1-2-11(17)12(7-10)21-15(9-3-5-23-6-4-9)19-14(20-21)8-13(18)22/h1-2,7,9H,3-6,8H2,(H2,18,22). The van der Waals surface area contributed by atoms with Gasteiger partial charge in [0, 0.05) is 24.2 Å². The molecule has 1 aliphatic rings. The van der Waals surface area contributed by atoms with Crippen molar-refractivity contribution in [2.24, 2.45) is 5.73 Å². The summed E-state index contributed by atoms with van der Waals surface area (Å²) in [6, 6.07) is 5.15. The van der Waals surface area contributed by atoms with E-state index >= 15 is 0 Å². The molecular formula is C15H16Cl2N4O2. The van der Waals surface area contributed by atoms with Gasteiger partial charge in [0.2, 0.25) is 5.91 Å². The van der Waals surface area contributed by atoms with Gasteiger partial charge in [-0.2, -0.15) is 5.10 Å². The van der Waals surface area contributed by atoms with E-state index in [4.69, 9.17) is 33.7 Å². The number of nitrogens with two attached hydrogens (primary N) is 1. The van der Waals surface area contributed by atoms with Gasteiger partial charge >= 0.3 is 0 Å². The van der Waals surface area contributed by atoms with E-state index in [9.17, 15) is 4.79 Å². The largest absolute Gasteiger partial charge is 0.381 e. The number of hydrogen-bond donors (Lipinski definition) is 1. The molecule has 1 aliphatic heterocycles. The number of carbonyl (C=O) groups is 1. The molecule has 1 aromatic carbocycles. The summed E-state index contributed by atoms with van der Waals surface area (Å²) in [5.41, 5.74) is 5.90. The smallest absolute Gasteiger partial charge is 0.225 e. The normalized spacial score (nSPS) is 15.7. The first kappa shape index (κ1) is 16.2. The van der Waals surface area contributed by atoms with Crippen molar-refractivity contribution in [3.05, 3.63) is 39.9 Å². The van der Waals surface area contributed by atoms with Crippen molar-refractivity contribution in [1.82, 2.24) is 14.8 Å². The van der Waals surface area contributed by atoms with E-state index in [1.165, 1.54) is 0 Å². The second-order valence-electron chi connectivity index (χ2n) is 5.42. The van der Waals surface area contributed by atoms with E-state index < -0.39 is 5.91 Å². The van der Waals surface area contributed by atoms with Crippen LogP contribution in [-0.4, -0.2) is 33.9 Å². The second-order valence-corrected chi connectivity index (χ2v) is 6.27. The van der Waals surface area contributed by atoms with Crippen LogP contribution in [0.2, 0.25) is 10.0 Å². The molecule has 0 saturated carbocycles. The zero-order valence-electron chi connectivity index (χ0n) is 12.3. The number of halogens is 2. The maximum Gasteiger partial charge on any atom is 0.225 e. The lowest BCUT2D eigenvalue weighted by atomic mass is 9.99. The summed E-state index contributed by atoms with van der Waals surface area (Å²) < 4.78 is 7.07. The predicted octanol–water partition coefficient (Wildman–Crippen LogP) is 2.50. The summed E-state index contributed by atoms with van der Waals surface area (Å²) in [5.74, 6) is 0.856. The fraction of sp³-hybridized carbons (Fsp3) is 0.400. The summed E-state index contributed by atoms with van der Waals surface area (Å²) in [7, 11) is 0. The molecule has 1 fully saturated rings. The molecule has 1 aromatic heterocycles. The van der Waals surface area contributed by atoms with Crippen molar-refractivity contribution < 1.29 is 9.53 Å². The van der Waals surface area contributed by atoms with Crippen LogP contribution in [0.15, 0.2) is 18.2 Å². The average Bonchev–Trinajstić information content (AvgIpc) is 2.93. The number of hydrogen-bond acceptors (Lipinski definition) is 4. The Balaban J connectivity index is 2.07.